The zero-order chi connectivity index (χ0) is 20.3. The first-order valence-corrected chi connectivity index (χ1v) is 10.0. The van der Waals surface area contributed by atoms with Crippen LogP contribution in [0.4, 0.5) is 5.69 Å². The SMILES string of the molecule is CC(=O)N1CCN(CC2(O)CCN(c3ccccc3C)CC2)CC(C(=O)O)C1. The third kappa shape index (κ3) is 4.83. The molecule has 0 spiro atoms. The number of aliphatic carboxylic acids is 1. The van der Waals surface area contributed by atoms with Gasteiger partial charge in [0.15, 0.2) is 0 Å². The minimum absolute atomic E-state index is 0.0987. The Bertz CT molecular complexity index is 715. The minimum Gasteiger partial charge on any atom is -0.481 e. The Morgan fingerprint density at radius 1 is 1.11 bits per heavy atom. The van der Waals surface area contributed by atoms with Crippen LogP contribution in [0.2, 0.25) is 0 Å². The Labute approximate surface area is 166 Å². The van der Waals surface area contributed by atoms with E-state index in [4.69, 9.17) is 0 Å². The number of β-amino-alcohol motifs (C(OH)–C–C–N with tert-alkyl or cyclic N) is 1. The van der Waals surface area contributed by atoms with Gasteiger partial charge in [-0.15, -0.1) is 0 Å². The van der Waals surface area contributed by atoms with E-state index in [2.05, 4.69) is 24.0 Å². The lowest BCUT2D eigenvalue weighted by molar-refractivity contribution is -0.143. The van der Waals surface area contributed by atoms with E-state index in [0.717, 1.165) is 13.1 Å². The number of piperidine rings is 1. The fourth-order valence-electron chi connectivity index (χ4n) is 4.32. The average molecular weight is 389 g/mol. The number of hydrogen-bond acceptors (Lipinski definition) is 5. The molecule has 1 aromatic rings. The normalized spacial score (nSPS) is 23.3. The van der Waals surface area contributed by atoms with Crippen molar-refractivity contribution in [3.05, 3.63) is 29.8 Å². The molecule has 2 saturated heterocycles. The Hall–Kier alpha value is -2.12. The number of carbonyl (C=O) groups is 2. The van der Waals surface area contributed by atoms with Gasteiger partial charge in [-0.05, 0) is 31.4 Å². The van der Waals surface area contributed by atoms with E-state index in [0.29, 0.717) is 39.0 Å². The fraction of sp³-hybridized carbons (Fsp3) is 0.619. The third-order valence-corrected chi connectivity index (χ3v) is 6.07. The van der Waals surface area contributed by atoms with Gasteiger partial charge in [-0.1, -0.05) is 18.2 Å². The summed E-state index contributed by atoms with van der Waals surface area (Å²) in [5, 5.41) is 20.7. The second-order valence-electron chi connectivity index (χ2n) is 8.23. The number of rotatable bonds is 4. The number of nitrogens with zero attached hydrogens (tertiary/aromatic N) is 3. The van der Waals surface area contributed by atoms with Crippen LogP contribution in [0.1, 0.15) is 25.3 Å². The molecular formula is C21H31N3O4. The van der Waals surface area contributed by atoms with Gasteiger partial charge in [0.2, 0.25) is 5.91 Å². The molecule has 0 saturated carbocycles. The smallest absolute Gasteiger partial charge is 0.309 e. The zero-order valence-electron chi connectivity index (χ0n) is 16.8. The van der Waals surface area contributed by atoms with Crippen LogP contribution < -0.4 is 4.90 Å². The number of anilines is 1. The molecule has 28 heavy (non-hydrogen) atoms. The maximum atomic E-state index is 11.7. The molecule has 2 aliphatic rings. The van der Waals surface area contributed by atoms with Crippen molar-refractivity contribution in [2.75, 3.05) is 50.7 Å². The summed E-state index contributed by atoms with van der Waals surface area (Å²) in [5.74, 6) is -1.61. The van der Waals surface area contributed by atoms with Crippen LogP contribution in [0.5, 0.6) is 0 Å². The highest BCUT2D eigenvalue weighted by atomic mass is 16.4. The summed E-state index contributed by atoms with van der Waals surface area (Å²) in [6.07, 6.45) is 1.29. The average Bonchev–Trinajstić information content (AvgIpc) is 2.86. The molecule has 1 atom stereocenters. The molecule has 2 heterocycles. The van der Waals surface area contributed by atoms with Crippen LogP contribution in [0, 0.1) is 12.8 Å². The molecular weight excluding hydrogens is 358 g/mol. The van der Waals surface area contributed by atoms with Gasteiger partial charge < -0.3 is 20.0 Å². The second kappa shape index (κ2) is 8.49. The zero-order valence-corrected chi connectivity index (χ0v) is 16.8. The van der Waals surface area contributed by atoms with E-state index in [9.17, 15) is 19.8 Å². The Kier molecular flexibility index (Phi) is 6.25. The number of benzene rings is 1. The third-order valence-electron chi connectivity index (χ3n) is 6.07. The van der Waals surface area contributed by atoms with Gasteiger partial charge in [0.05, 0.1) is 11.5 Å². The number of aryl methyl sites for hydroxylation is 1. The number of aliphatic hydroxyl groups is 1. The molecule has 2 fully saturated rings. The maximum Gasteiger partial charge on any atom is 0.309 e. The summed E-state index contributed by atoms with van der Waals surface area (Å²) >= 11 is 0. The van der Waals surface area contributed by atoms with Gasteiger partial charge in [-0.3, -0.25) is 14.5 Å². The molecule has 0 aliphatic carbocycles. The molecule has 7 heteroatoms. The van der Waals surface area contributed by atoms with Gasteiger partial charge in [0.1, 0.15) is 0 Å². The summed E-state index contributed by atoms with van der Waals surface area (Å²) in [7, 11) is 0. The summed E-state index contributed by atoms with van der Waals surface area (Å²) in [4.78, 5) is 29.3. The van der Waals surface area contributed by atoms with Crippen molar-refractivity contribution < 1.29 is 19.8 Å². The minimum atomic E-state index is -0.889. The van der Waals surface area contributed by atoms with E-state index in [1.807, 2.05) is 17.0 Å². The van der Waals surface area contributed by atoms with Crippen molar-refractivity contribution >= 4 is 17.6 Å². The molecule has 1 unspecified atom stereocenters. The molecule has 0 radical (unpaired) electrons. The number of para-hydroxylation sites is 1. The quantitative estimate of drug-likeness (QED) is 0.805. The molecule has 3 rings (SSSR count). The van der Waals surface area contributed by atoms with Crippen molar-refractivity contribution in [1.82, 2.24) is 9.80 Å². The van der Waals surface area contributed by atoms with E-state index < -0.39 is 17.5 Å². The van der Waals surface area contributed by atoms with Crippen LogP contribution in [0.25, 0.3) is 0 Å². The van der Waals surface area contributed by atoms with Crippen LogP contribution in [0.3, 0.4) is 0 Å². The highest BCUT2D eigenvalue weighted by Crippen LogP contribution is 2.29. The molecule has 1 aromatic carbocycles. The Morgan fingerprint density at radius 2 is 1.79 bits per heavy atom. The highest BCUT2D eigenvalue weighted by Gasteiger charge is 2.37. The van der Waals surface area contributed by atoms with E-state index in [1.54, 1.807) is 4.90 Å². The van der Waals surface area contributed by atoms with Crippen molar-refractivity contribution in [3.63, 3.8) is 0 Å². The fourth-order valence-corrected chi connectivity index (χ4v) is 4.32. The van der Waals surface area contributed by atoms with E-state index in [1.165, 1.54) is 18.2 Å². The van der Waals surface area contributed by atoms with Crippen LogP contribution in [-0.4, -0.2) is 83.3 Å². The number of carboxylic acids is 1. The maximum absolute atomic E-state index is 11.7. The van der Waals surface area contributed by atoms with Crippen molar-refractivity contribution in [2.24, 2.45) is 5.92 Å². The second-order valence-corrected chi connectivity index (χ2v) is 8.23. The number of carboxylic acid groups (broad SMARTS) is 1. The summed E-state index contributed by atoms with van der Waals surface area (Å²) in [6, 6.07) is 8.28. The Balaban J connectivity index is 1.62. The molecule has 2 N–H and O–H groups in total. The predicted octanol–water partition coefficient (Wildman–Crippen LogP) is 1.19. The monoisotopic (exact) mass is 389 g/mol. The summed E-state index contributed by atoms with van der Waals surface area (Å²) in [6.45, 7) is 7.27. The van der Waals surface area contributed by atoms with Gasteiger partial charge in [-0.2, -0.15) is 0 Å². The van der Waals surface area contributed by atoms with Crippen LogP contribution in [0.15, 0.2) is 24.3 Å². The first-order valence-electron chi connectivity index (χ1n) is 10.0. The van der Waals surface area contributed by atoms with E-state index in [-0.39, 0.29) is 12.5 Å². The van der Waals surface area contributed by atoms with Crippen LogP contribution in [-0.2, 0) is 9.59 Å². The summed E-state index contributed by atoms with van der Waals surface area (Å²) < 4.78 is 0. The first-order chi connectivity index (χ1) is 13.3. The molecule has 0 aromatic heterocycles. The molecule has 1 amide bonds. The highest BCUT2D eigenvalue weighted by molar-refractivity contribution is 5.75. The largest absolute Gasteiger partial charge is 0.481 e. The van der Waals surface area contributed by atoms with Crippen molar-refractivity contribution in [3.8, 4) is 0 Å². The molecule has 0 bridgehead atoms. The lowest BCUT2D eigenvalue weighted by Gasteiger charge is -2.42. The van der Waals surface area contributed by atoms with Gasteiger partial charge in [-0.25, -0.2) is 0 Å². The van der Waals surface area contributed by atoms with E-state index >= 15 is 0 Å². The van der Waals surface area contributed by atoms with Crippen molar-refractivity contribution in [1.29, 1.82) is 0 Å². The van der Waals surface area contributed by atoms with Crippen LogP contribution >= 0.6 is 0 Å². The van der Waals surface area contributed by atoms with Gasteiger partial charge in [0.25, 0.3) is 0 Å². The molecule has 7 nitrogen and oxygen atoms in total. The molecule has 2 aliphatic heterocycles. The topological polar surface area (TPSA) is 84.3 Å². The number of hydrogen-bond donors (Lipinski definition) is 2. The Morgan fingerprint density at radius 3 is 2.39 bits per heavy atom. The first kappa shape index (κ1) is 20.6. The van der Waals surface area contributed by atoms with Gasteiger partial charge >= 0.3 is 5.97 Å². The number of carbonyl (C=O) groups excluding carboxylic acids is 1. The standard InChI is InChI=1S/C21H31N3O4/c1-16-5-3-4-6-19(16)23-9-7-21(28,8-10-23)15-22-11-12-24(17(2)25)14-18(13-22)20(26)27/h3-6,18,28H,7-15H2,1-2H3,(H,26,27). The van der Waals surface area contributed by atoms with Crippen molar-refractivity contribution in [2.45, 2.75) is 32.3 Å². The predicted molar refractivity (Wildman–Crippen MR) is 107 cm³/mol. The number of amides is 1. The lowest BCUT2D eigenvalue weighted by atomic mass is 9.90. The molecule has 154 valence electrons. The summed E-state index contributed by atoms with van der Waals surface area (Å²) in [5.41, 5.74) is 1.62. The lowest BCUT2D eigenvalue weighted by Crippen LogP contribution is -2.52. The van der Waals surface area contributed by atoms with Gasteiger partial charge in [0, 0.05) is 58.4 Å².